The summed E-state index contributed by atoms with van der Waals surface area (Å²) in [4.78, 5) is 12.8. The van der Waals surface area contributed by atoms with Crippen molar-refractivity contribution in [2.75, 3.05) is 11.9 Å². The van der Waals surface area contributed by atoms with Gasteiger partial charge in [0, 0.05) is 37.1 Å². The summed E-state index contributed by atoms with van der Waals surface area (Å²) in [6.45, 7) is 2.73. The molecular formula is C16H16N6. The van der Waals surface area contributed by atoms with Gasteiger partial charge in [-0.05, 0) is 12.5 Å². The Hall–Kier alpha value is -2.89. The van der Waals surface area contributed by atoms with Crippen molar-refractivity contribution in [1.82, 2.24) is 25.1 Å². The Labute approximate surface area is 128 Å². The topological polar surface area (TPSA) is 76.5 Å². The molecule has 1 N–H and O–H groups in total. The van der Waals surface area contributed by atoms with E-state index in [1.165, 1.54) is 0 Å². The molecule has 0 saturated carbocycles. The van der Waals surface area contributed by atoms with Crippen LogP contribution in [0.2, 0.25) is 0 Å². The predicted molar refractivity (Wildman–Crippen MR) is 84.2 cm³/mol. The number of nitrogens with zero attached hydrogens (tertiary/aromatic N) is 5. The van der Waals surface area contributed by atoms with Crippen LogP contribution in [0.1, 0.15) is 11.3 Å². The molecule has 1 aromatic carbocycles. The van der Waals surface area contributed by atoms with Gasteiger partial charge in [-0.1, -0.05) is 24.3 Å². The molecule has 3 rings (SSSR count). The number of hydrogen-bond acceptors (Lipinski definition) is 6. The minimum atomic E-state index is 0.518. The summed E-state index contributed by atoms with van der Waals surface area (Å²) in [6, 6.07) is 8.08. The van der Waals surface area contributed by atoms with Crippen LogP contribution < -0.4 is 5.32 Å². The van der Waals surface area contributed by atoms with Crippen LogP contribution in [0.15, 0.2) is 49.1 Å². The Kier molecular flexibility index (Phi) is 4.29. The molecular weight excluding hydrogens is 276 g/mol. The molecule has 0 amide bonds. The molecule has 110 valence electrons. The lowest BCUT2D eigenvalue weighted by Gasteiger charge is -2.07. The quantitative estimate of drug-likeness (QED) is 0.777. The number of anilines is 1. The lowest BCUT2D eigenvalue weighted by Crippen LogP contribution is -2.10. The molecule has 0 aliphatic rings. The first-order valence-electron chi connectivity index (χ1n) is 7.07. The average molecular weight is 292 g/mol. The first-order valence-corrected chi connectivity index (χ1v) is 7.07. The lowest BCUT2D eigenvalue weighted by atomic mass is 10.1. The van der Waals surface area contributed by atoms with E-state index in [1.807, 2.05) is 18.2 Å². The number of rotatable bonds is 5. The molecule has 0 fully saturated rings. The van der Waals surface area contributed by atoms with E-state index in [9.17, 15) is 0 Å². The molecule has 0 aliphatic heterocycles. The third-order valence-corrected chi connectivity index (χ3v) is 3.26. The maximum absolute atomic E-state index is 4.51. The van der Waals surface area contributed by atoms with Gasteiger partial charge >= 0.3 is 0 Å². The maximum Gasteiger partial charge on any atom is 0.243 e. The summed E-state index contributed by atoms with van der Waals surface area (Å²) in [7, 11) is 0. The van der Waals surface area contributed by atoms with Gasteiger partial charge in [-0.15, -0.1) is 5.10 Å². The van der Waals surface area contributed by atoms with Gasteiger partial charge in [0.2, 0.25) is 5.95 Å². The fourth-order valence-electron chi connectivity index (χ4n) is 2.13. The van der Waals surface area contributed by atoms with Crippen LogP contribution in [-0.2, 0) is 6.42 Å². The van der Waals surface area contributed by atoms with E-state index in [1.54, 1.807) is 24.8 Å². The van der Waals surface area contributed by atoms with Crippen molar-refractivity contribution in [3.8, 4) is 11.3 Å². The van der Waals surface area contributed by atoms with Crippen LogP contribution in [0.25, 0.3) is 11.3 Å². The summed E-state index contributed by atoms with van der Waals surface area (Å²) in [5.41, 5.74) is 3.97. The average Bonchev–Trinajstić information content (AvgIpc) is 2.57. The SMILES string of the molecule is Cc1ccccc1-c1cnnc(NCCc2cnccn2)n1. The molecule has 0 atom stereocenters. The highest BCUT2D eigenvalue weighted by atomic mass is 15.2. The molecule has 0 radical (unpaired) electrons. The number of benzene rings is 1. The zero-order valence-corrected chi connectivity index (χ0v) is 12.3. The van der Waals surface area contributed by atoms with E-state index in [2.05, 4.69) is 43.5 Å². The molecule has 22 heavy (non-hydrogen) atoms. The summed E-state index contributed by atoms with van der Waals surface area (Å²) >= 11 is 0. The summed E-state index contributed by atoms with van der Waals surface area (Å²) in [5, 5.41) is 11.2. The van der Waals surface area contributed by atoms with Crippen LogP contribution in [0.5, 0.6) is 0 Å². The van der Waals surface area contributed by atoms with Gasteiger partial charge in [-0.2, -0.15) is 5.10 Å². The minimum absolute atomic E-state index is 0.518. The number of nitrogens with one attached hydrogen (secondary N) is 1. The van der Waals surface area contributed by atoms with E-state index in [4.69, 9.17) is 0 Å². The van der Waals surface area contributed by atoms with Crippen LogP contribution >= 0.6 is 0 Å². The van der Waals surface area contributed by atoms with Crippen molar-refractivity contribution in [1.29, 1.82) is 0 Å². The normalized spacial score (nSPS) is 10.4. The fraction of sp³-hybridized carbons (Fsp3) is 0.188. The van der Waals surface area contributed by atoms with E-state index < -0.39 is 0 Å². The Morgan fingerprint density at radius 1 is 1.09 bits per heavy atom. The molecule has 6 heteroatoms. The third-order valence-electron chi connectivity index (χ3n) is 3.26. The molecule has 0 saturated heterocycles. The Bertz CT molecular complexity index is 744. The first kappa shape index (κ1) is 14.1. The summed E-state index contributed by atoms with van der Waals surface area (Å²) in [5.74, 6) is 0.518. The van der Waals surface area contributed by atoms with Crippen molar-refractivity contribution in [3.05, 3.63) is 60.3 Å². The van der Waals surface area contributed by atoms with Gasteiger partial charge in [-0.3, -0.25) is 9.97 Å². The fourth-order valence-corrected chi connectivity index (χ4v) is 2.13. The molecule has 0 bridgehead atoms. The zero-order valence-electron chi connectivity index (χ0n) is 12.3. The van der Waals surface area contributed by atoms with Crippen LogP contribution in [0.3, 0.4) is 0 Å². The van der Waals surface area contributed by atoms with Gasteiger partial charge in [-0.25, -0.2) is 4.98 Å². The Morgan fingerprint density at radius 3 is 2.82 bits per heavy atom. The van der Waals surface area contributed by atoms with E-state index in [0.717, 1.165) is 28.9 Å². The second-order valence-corrected chi connectivity index (χ2v) is 4.85. The largest absolute Gasteiger partial charge is 0.353 e. The van der Waals surface area contributed by atoms with Gasteiger partial charge < -0.3 is 5.32 Å². The molecule has 3 aromatic rings. The highest BCUT2D eigenvalue weighted by Crippen LogP contribution is 2.20. The van der Waals surface area contributed by atoms with Crippen LogP contribution in [0.4, 0.5) is 5.95 Å². The summed E-state index contributed by atoms with van der Waals surface area (Å²) in [6.07, 6.45) is 7.54. The standard InChI is InChI=1S/C16H16N6/c1-12-4-2-3-5-14(12)15-11-20-22-16(21-15)19-7-6-13-10-17-8-9-18-13/h2-5,8-11H,6-7H2,1H3,(H,19,21,22). The Balaban J connectivity index is 1.68. The predicted octanol–water partition coefficient (Wildman–Crippen LogP) is 2.29. The highest BCUT2D eigenvalue weighted by molar-refractivity contribution is 5.63. The van der Waals surface area contributed by atoms with Crippen molar-refractivity contribution in [3.63, 3.8) is 0 Å². The second kappa shape index (κ2) is 6.71. The monoisotopic (exact) mass is 292 g/mol. The lowest BCUT2D eigenvalue weighted by molar-refractivity contribution is 0.901. The molecule has 2 heterocycles. The van der Waals surface area contributed by atoms with E-state index >= 15 is 0 Å². The van der Waals surface area contributed by atoms with Gasteiger partial charge in [0.25, 0.3) is 0 Å². The zero-order chi connectivity index (χ0) is 15.2. The third kappa shape index (κ3) is 3.41. The van der Waals surface area contributed by atoms with E-state index in [0.29, 0.717) is 12.5 Å². The van der Waals surface area contributed by atoms with Crippen molar-refractivity contribution < 1.29 is 0 Å². The first-order chi connectivity index (χ1) is 10.8. The number of aryl methyl sites for hydroxylation is 1. The maximum atomic E-state index is 4.51. The Morgan fingerprint density at radius 2 is 2.00 bits per heavy atom. The molecule has 6 nitrogen and oxygen atoms in total. The van der Waals surface area contributed by atoms with Crippen molar-refractivity contribution in [2.45, 2.75) is 13.3 Å². The van der Waals surface area contributed by atoms with Gasteiger partial charge in [0.1, 0.15) is 0 Å². The van der Waals surface area contributed by atoms with Crippen molar-refractivity contribution >= 4 is 5.95 Å². The highest BCUT2D eigenvalue weighted by Gasteiger charge is 2.05. The van der Waals surface area contributed by atoms with Crippen molar-refractivity contribution in [2.24, 2.45) is 0 Å². The van der Waals surface area contributed by atoms with Gasteiger partial charge in [0.05, 0.1) is 17.6 Å². The summed E-state index contributed by atoms with van der Waals surface area (Å²) < 4.78 is 0. The molecule has 0 aliphatic carbocycles. The van der Waals surface area contributed by atoms with Crippen LogP contribution in [-0.4, -0.2) is 31.7 Å². The van der Waals surface area contributed by atoms with Gasteiger partial charge in [0.15, 0.2) is 0 Å². The number of hydrogen-bond donors (Lipinski definition) is 1. The minimum Gasteiger partial charge on any atom is -0.353 e. The molecule has 0 spiro atoms. The smallest absolute Gasteiger partial charge is 0.243 e. The van der Waals surface area contributed by atoms with Crippen LogP contribution in [0, 0.1) is 6.92 Å². The molecule has 2 aromatic heterocycles. The number of aromatic nitrogens is 5. The molecule has 0 unspecified atom stereocenters. The van der Waals surface area contributed by atoms with E-state index in [-0.39, 0.29) is 0 Å². The second-order valence-electron chi connectivity index (χ2n) is 4.85.